The number of nitrogens with one attached hydrogen (secondary N) is 1. The van der Waals surface area contributed by atoms with Crippen molar-refractivity contribution < 1.29 is 14.3 Å². The van der Waals surface area contributed by atoms with Crippen molar-refractivity contribution in [3.05, 3.63) is 59.4 Å². The maximum Gasteiger partial charge on any atom is 0.224 e. The molecule has 160 valence electrons. The third-order valence-electron chi connectivity index (χ3n) is 5.21. The summed E-state index contributed by atoms with van der Waals surface area (Å²) in [6.07, 6.45) is 3.50. The van der Waals surface area contributed by atoms with E-state index in [1.807, 2.05) is 18.2 Å². The lowest BCUT2D eigenvalue weighted by atomic mass is 9.95. The molecule has 1 aromatic carbocycles. The van der Waals surface area contributed by atoms with Crippen molar-refractivity contribution in [2.24, 2.45) is 5.92 Å². The molecule has 30 heavy (non-hydrogen) atoms. The number of nitrogens with zero attached hydrogens (tertiary/aromatic N) is 3. The van der Waals surface area contributed by atoms with Crippen LogP contribution in [0.4, 0.5) is 0 Å². The summed E-state index contributed by atoms with van der Waals surface area (Å²) in [7, 11) is 3.05. The maximum absolute atomic E-state index is 13.1. The number of hydrogen-bond donors (Lipinski definition) is 1. The van der Waals surface area contributed by atoms with E-state index < -0.39 is 6.04 Å². The summed E-state index contributed by atoms with van der Waals surface area (Å²) in [6, 6.07) is 8.32. The lowest BCUT2D eigenvalue weighted by molar-refractivity contribution is -0.127. The van der Waals surface area contributed by atoms with Gasteiger partial charge in [0.25, 0.3) is 0 Å². The van der Waals surface area contributed by atoms with E-state index >= 15 is 0 Å². The van der Waals surface area contributed by atoms with Gasteiger partial charge in [-0.05, 0) is 43.6 Å². The second kappa shape index (κ2) is 10.4. The fourth-order valence-corrected chi connectivity index (χ4v) is 3.66. The van der Waals surface area contributed by atoms with Gasteiger partial charge in [0.1, 0.15) is 6.04 Å². The molecule has 0 radical (unpaired) electrons. The predicted molar refractivity (Wildman–Crippen MR) is 116 cm³/mol. The van der Waals surface area contributed by atoms with Crippen molar-refractivity contribution in [3.8, 4) is 11.8 Å². The van der Waals surface area contributed by atoms with Gasteiger partial charge in [0.05, 0.1) is 20.3 Å². The Morgan fingerprint density at radius 3 is 2.37 bits per heavy atom. The predicted octanol–water partition coefficient (Wildman–Crippen LogP) is 3.25. The number of hydrogen-bond acceptors (Lipinski definition) is 6. The topological polar surface area (TPSA) is 76.6 Å². The second-order valence-electron chi connectivity index (χ2n) is 7.17. The number of amides is 1. The zero-order valence-electron chi connectivity index (χ0n) is 17.3. The Hall–Kier alpha value is -2.64. The highest BCUT2D eigenvalue weighted by Crippen LogP contribution is 2.27. The molecule has 1 unspecified atom stereocenters. The first-order chi connectivity index (χ1) is 14.5. The largest absolute Gasteiger partial charge is 0.481 e. The standard InChI is InChI=1S/C22H27ClN4O3/c1-4-11-27-12-9-16(10-13-27)22(28)26-20(15-5-7-17(23)8-6-15)21-24-18(29-2)14-19(25-21)30-3/h4-8,14,16,20H,1,9-13H2,2-3H3,(H,26,28). The summed E-state index contributed by atoms with van der Waals surface area (Å²) in [5.74, 6) is 1.04. The van der Waals surface area contributed by atoms with Gasteiger partial charge in [0.2, 0.25) is 17.7 Å². The highest BCUT2D eigenvalue weighted by atomic mass is 35.5. The van der Waals surface area contributed by atoms with Crippen molar-refractivity contribution in [3.63, 3.8) is 0 Å². The number of carbonyl (C=O) groups is 1. The normalized spacial score (nSPS) is 16.0. The Morgan fingerprint density at radius 1 is 1.23 bits per heavy atom. The van der Waals surface area contributed by atoms with Crippen molar-refractivity contribution in [2.75, 3.05) is 33.9 Å². The molecule has 1 N–H and O–H groups in total. The molecule has 2 aromatic rings. The van der Waals surface area contributed by atoms with Crippen LogP contribution in [0.3, 0.4) is 0 Å². The van der Waals surface area contributed by atoms with Crippen LogP contribution in [-0.4, -0.2) is 54.6 Å². The van der Waals surface area contributed by atoms with E-state index in [1.54, 1.807) is 18.2 Å². The summed E-state index contributed by atoms with van der Waals surface area (Å²) >= 11 is 6.05. The number of carbonyl (C=O) groups excluding carboxylic acids is 1. The van der Waals surface area contributed by atoms with Crippen LogP contribution in [0, 0.1) is 5.92 Å². The van der Waals surface area contributed by atoms with Crippen molar-refractivity contribution in [1.82, 2.24) is 20.2 Å². The van der Waals surface area contributed by atoms with E-state index in [0.29, 0.717) is 22.6 Å². The van der Waals surface area contributed by atoms with Crippen LogP contribution in [0.5, 0.6) is 11.8 Å². The maximum atomic E-state index is 13.1. The zero-order valence-corrected chi connectivity index (χ0v) is 18.1. The Morgan fingerprint density at radius 2 is 1.83 bits per heavy atom. The van der Waals surface area contributed by atoms with Crippen molar-refractivity contribution >= 4 is 17.5 Å². The van der Waals surface area contributed by atoms with Crippen LogP contribution in [0.1, 0.15) is 30.3 Å². The van der Waals surface area contributed by atoms with Gasteiger partial charge in [-0.15, -0.1) is 6.58 Å². The Kier molecular flexibility index (Phi) is 7.65. The van der Waals surface area contributed by atoms with Gasteiger partial charge < -0.3 is 14.8 Å². The van der Waals surface area contributed by atoms with E-state index in [-0.39, 0.29) is 11.8 Å². The van der Waals surface area contributed by atoms with Crippen molar-refractivity contribution in [1.29, 1.82) is 0 Å². The van der Waals surface area contributed by atoms with Crippen LogP contribution in [-0.2, 0) is 4.79 Å². The molecule has 1 aliphatic rings. The van der Waals surface area contributed by atoms with Gasteiger partial charge in [-0.2, -0.15) is 9.97 Å². The van der Waals surface area contributed by atoms with Gasteiger partial charge in [0, 0.05) is 17.5 Å². The molecule has 1 aromatic heterocycles. The van der Waals surface area contributed by atoms with Gasteiger partial charge in [-0.3, -0.25) is 9.69 Å². The summed E-state index contributed by atoms with van der Waals surface area (Å²) in [4.78, 5) is 24.3. The molecule has 1 saturated heterocycles. The summed E-state index contributed by atoms with van der Waals surface area (Å²) in [5, 5.41) is 3.74. The van der Waals surface area contributed by atoms with E-state index in [1.165, 1.54) is 14.2 Å². The van der Waals surface area contributed by atoms with Gasteiger partial charge in [-0.25, -0.2) is 0 Å². The molecule has 0 aliphatic carbocycles. The number of piperidine rings is 1. The third-order valence-corrected chi connectivity index (χ3v) is 5.46. The molecule has 8 heteroatoms. The lowest BCUT2D eigenvalue weighted by Crippen LogP contribution is -2.42. The average Bonchev–Trinajstić information content (AvgIpc) is 2.78. The minimum atomic E-state index is -0.551. The van der Waals surface area contributed by atoms with Crippen LogP contribution < -0.4 is 14.8 Å². The zero-order chi connectivity index (χ0) is 21.5. The van der Waals surface area contributed by atoms with E-state index in [4.69, 9.17) is 21.1 Å². The van der Waals surface area contributed by atoms with Crippen molar-refractivity contribution in [2.45, 2.75) is 18.9 Å². The first kappa shape index (κ1) is 22.1. The molecule has 0 spiro atoms. The number of methoxy groups -OCH3 is 2. The molecule has 1 aliphatic heterocycles. The smallest absolute Gasteiger partial charge is 0.224 e. The van der Waals surface area contributed by atoms with Gasteiger partial charge in [-0.1, -0.05) is 29.8 Å². The SMILES string of the molecule is C=CCN1CCC(C(=O)NC(c2ccc(Cl)cc2)c2nc(OC)cc(OC)n2)CC1. The third kappa shape index (κ3) is 5.49. The number of likely N-dealkylation sites (tertiary alicyclic amines) is 1. The summed E-state index contributed by atoms with van der Waals surface area (Å²) < 4.78 is 10.6. The van der Waals surface area contributed by atoms with E-state index in [0.717, 1.165) is 38.0 Å². The average molecular weight is 431 g/mol. The quantitative estimate of drug-likeness (QED) is 0.648. The number of rotatable bonds is 8. The van der Waals surface area contributed by atoms with Crippen LogP contribution in [0.2, 0.25) is 5.02 Å². The molecule has 1 atom stereocenters. The first-order valence-corrected chi connectivity index (χ1v) is 10.3. The highest BCUT2D eigenvalue weighted by Gasteiger charge is 2.28. The van der Waals surface area contributed by atoms with Crippen LogP contribution in [0.15, 0.2) is 43.0 Å². The molecular weight excluding hydrogens is 404 g/mol. The highest BCUT2D eigenvalue weighted by molar-refractivity contribution is 6.30. The fourth-order valence-electron chi connectivity index (χ4n) is 3.53. The fraction of sp³-hybridized carbons (Fsp3) is 0.409. The Bertz CT molecular complexity index is 845. The molecule has 3 rings (SSSR count). The summed E-state index contributed by atoms with van der Waals surface area (Å²) in [6.45, 7) is 6.38. The lowest BCUT2D eigenvalue weighted by Gasteiger charge is -2.31. The minimum absolute atomic E-state index is 0.0152. The number of halogens is 1. The number of ether oxygens (including phenoxy) is 2. The van der Waals surface area contributed by atoms with E-state index in [2.05, 4.69) is 26.8 Å². The molecule has 0 saturated carbocycles. The number of benzene rings is 1. The molecule has 7 nitrogen and oxygen atoms in total. The molecule has 0 bridgehead atoms. The molecule has 1 amide bonds. The first-order valence-electron chi connectivity index (χ1n) is 9.90. The van der Waals surface area contributed by atoms with Gasteiger partial charge >= 0.3 is 0 Å². The Labute approximate surface area is 182 Å². The minimum Gasteiger partial charge on any atom is -0.481 e. The summed E-state index contributed by atoms with van der Waals surface area (Å²) in [5.41, 5.74) is 0.826. The molecule has 2 heterocycles. The van der Waals surface area contributed by atoms with E-state index in [9.17, 15) is 4.79 Å². The van der Waals surface area contributed by atoms with Crippen LogP contribution >= 0.6 is 11.6 Å². The second-order valence-corrected chi connectivity index (χ2v) is 7.60. The van der Waals surface area contributed by atoms with Gasteiger partial charge in [0.15, 0.2) is 5.82 Å². The monoisotopic (exact) mass is 430 g/mol. The molecule has 1 fully saturated rings. The Balaban J connectivity index is 1.85. The van der Waals surface area contributed by atoms with Crippen LogP contribution in [0.25, 0.3) is 0 Å². The molecular formula is C22H27ClN4O3. The number of aromatic nitrogens is 2.